The number of nitrogens with zero attached hydrogens (tertiary/aromatic N) is 1. The van der Waals surface area contributed by atoms with E-state index in [9.17, 15) is 0 Å². The van der Waals surface area contributed by atoms with E-state index in [2.05, 4.69) is 62.9 Å². The molecule has 1 aromatic rings. The van der Waals surface area contributed by atoms with E-state index in [1.165, 1.54) is 11.1 Å². The van der Waals surface area contributed by atoms with Crippen LogP contribution in [0.5, 0.6) is 0 Å². The first kappa shape index (κ1) is 14.0. The maximum Gasteiger partial charge on any atom is 0.278 e. The van der Waals surface area contributed by atoms with Gasteiger partial charge in [0.1, 0.15) is 0 Å². The molecule has 0 fully saturated rings. The second-order valence-electron chi connectivity index (χ2n) is 5.36. The molecule has 0 N–H and O–H groups in total. The molecule has 2 nitrogen and oxygen atoms in total. The fourth-order valence-corrected chi connectivity index (χ4v) is 1.80. The highest BCUT2D eigenvalue weighted by Gasteiger charge is 2.16. The molecule has 0 aliphatic carbocycles. The fourth-order valence-electron chi connectivity index (χ4n) is 1.42. The van der Waals surface area contributed by atoms with Crippen molar-refractivity contribution >= 4 is 14.0 Å². The van der Waals surface area contributed by atoms with E-state index in [1.807, 2.05) is 0 Å². The van der Waals surface area contributed by atoms with Crippen molar-refractivity contribution in [3.63, 3.8) is 0 Å². The van der Waals surface area contributed by atoms with Crippen LogP contribution in [0.4, 0.5) is 0 Å². The van der Waals surface area contributed by atoms with Crippen LogP contribution < -0.4 is 0 Å². The lowest BCUT2D eigenvalue weighted by Crippen LogP contribution is -2.23. The van der Waals surface area contributed by atoms with E-state index in [0.29, 0.717) is 0 Å². The van der Waals surface area contributed by atoms with Crippen molar-refractivity contribution in [1.82, 2.24) is 0 Å². The molecule has 0 aliphatic heterocycles. The minimum absolute atomic E-state index is 0.966. The third-order valence-electron chi connectivity index (χ3n) is 2.30. The van der Waals surface area contributed by atoms with Crippen molar-refractivity contribution < 1.29 is 4.53 Å². The molecule has 1 rings (SSSR count). The van der Waals surface area contributed by atoms with Crippen LogP contribution in [0, 0.1) is 6.92 Å². The Morgan fingerprint density at radius 3 is 2.24 bits per heavy atom. The predicted molar refractivity (Wildman–Crippen MR) is 77.1 cm³/mol. The van der Waals surface area contributed by atoms with Gasteiger partial charge in [-0.1, -0.05) is 43.2 Å². The highest BCUT2D eigenvalue weighted by Crippen LogP contribution is 2.11. The molecule has 1 aromatic carbocycles. The van der Waals surface area contributed by atoms with E-state index in [4.69, 9.17) is 4.53 Å². The molecule has 94 valence electrons. The van der Waals surface area contributed by atoms with Gasteiger partial charge in [-0.25, -0.2) is 0 Å². The summed E-state index contributed by atoms with van der Waals surface area (Å²) in [4.78, 5) is 0. The SMILES string of the molecule is CCCC(=NO[Si](C)(C)C)c1ccc(C)cc1. The summed E-state index contributed by atoms with van der Waals surface area (Å²) in [6, 6.07) is 8.48. The van der Waals surface area contributed by atoms with Crippen LogP contribution in [0.3, 0.4) is 0 Å². The fraction of sp³-hybridized carbons (Fsp3) is 0.500. The zero-order valence-corrected chi connectivity index (χ0v) is 12.6. The Morgan fingerprint density at radius 2 is 1.76 bits per heavy atom. The molecule has 3 heteroatoms. The van der Waals surface area contributed by atoms with Gasteiger partial charge in [-0.3, -0.25) is 0 Å². The van der Waals surface area contributed by atoms with Gasteiger partial charge in [-0.2, -0.15) is 0 Å². The van der Waals surface area contributed by atoms with Gasteiger partial charge in [0.05, 0.1) is 5.71 Å². The molecular formula is C14H23NOSi. The summed E-state index contributed by atoms with van der Waals surface area (Å²) in [6.07, 6.45) is 2.05. The summed E-state index contributed by atoms with van der Waals surface area (Å²) in [5.74, 6) is 0. The lowest BCUT2D eigenvalue weighted by Gasteiger charge is -2.15. The van der Waals surface area contributed by atoms with Crippen molar-refractivity contribution in [2.24, 2.45) is 5.16 Å². The van der Waals surface area contributed by atoms with Gasteiger partial charge < -0.3 is 4.53 Å². The first-order valence-corrected chi connectivity index (χ1v) is 9.65. The third kappa shape index (κ3) is 5.17. The number of benzene rings is 1. The predicted octanol–water partition coefficient (Wildman–Crippen LogP) is 4.35. The maximum atomic E-state index is 5.66. The Balaban J connectivity index is 2.88. The second kappa shape index (κ2) is 6.01. The molecule has 0 unspecified atom stereocenters. The topological polar surface area (TPSA) is 21.6 Å². The van der Waals surface area contributed by atoms with Gasteiger partial charge in [0.25, 0.3) is 8.32 Å². The first-order valence-electron chi connectivity index (χ1n) is 6.24. The van der Waals surface area contributed by atoms with Gasteiger partial charge >= 0.3 is 0 Å². The summed E-state index contributed by atoms with van der Waals surface area (Å²) in [5, 5.41) is 4.36. The van der Waals surface area contributed by atoms with Crippen LogP contribution in [0.2, 0.25) is 19.6 Å². The summed E-state index contributed by atoms with van der Waals surface area (Å²) in [6.45, 7) is 10.7. The zero-order valence-electron chi connectivity index (χ0n) is 11.6. The highest BCUT2D eigenvalue weighted by molar-refractivity contribution is 6.69. The van der Waals surface area contributed by atoms with E-state index >= 15 is 0 Å². The number of rotatable bonds is 5. The molecule has 0 atom stereocenters. The maximum absolute atomic E-state index is 5.66. The molecule has 17 heavy (non-hydrogen) atoms. The molecule has 0 aromatic heterocycles. The molecule has 0 amide bonds. The number of aryl methyl sites for hydroxylation is 1. The van der Waals surface area contributed by atoms with Crippen molar-refractivity contribution in [1.29, 1.82) is 0 Å². The summed E-state index contributed by atoms with van der Waals surface area (Å²) >= 11 is 0. The van der Waals surface area contributed by atoms with Crippen LogP contribution in [0.25, 0.3) is 0 Å². The van der Waals surface area contributed by atoms with Crippen molar-refractivity contribution in [2.45, 2.75) is 46.3 Å². The smallest absolute Gasteiger partial charge is 0.278 e. The van der Waals surface area contributed by atoms with E-state index < -0.39 is 8.32 Å². The Bertz CT molecular complexity index is 376. The number of hydrogen-bond donors (Lipinski definition) is 0. The Labute approximate surface area is 106 Å². The Hall–Kier alpha value is -1.09. The largest absolute Gasteiger partial charge is 0.455 e. The van der Waals surface area contributed by atoms with Crippen LogP contribution in [0.1, 0.15) is 30.9 Å². The van der Waals surface area contributed by atoms with Crippen LogP contribution >= 0.6 is 0 Å². The van der Waals surface area contributed by atoms with Gasteiger partial charge in [-0.05, 0) is 38.5 Å². The highest BCUT2D eigenvalue weighted by atomic mass is 28.4. The minimum Gasteiger partial charge on any atom is -0.455 e. The molecule has 0 saturated heterocycles. The zero-order chi connectivity index (χ0) is 12.9. The Morgan fingerprint density at radius 1 is 1.18 bits per heavy atom. The van der Waals surface area contributed by atoms with Crippen molar-refractivity contribution in [2.75, 3.05) is 0 Å². The summed E-state index contributed by atoms with van der Waals surface area (Å²) < 4.78 is 5.66. The van der Waals surface area contributed by atoms with Gasteiger partial charge in [-0.15, -0.1) is 5.16 Å². The van der Waals surface area contributed by atoms with Crippen molar-refractivity contribution in [3.8, 4) is 0 Å². The van der Waals surface area contributed by atoms with E-state index in [0.717, 1.165) is 18.6 Å². The standard InChI is InChI=1S/C14H23NOSi/c1-6-7-14(15-16-17(3,4)5)13-10-8-12(2)9-11-13/h8-11H,6-7H2,1-5H3. The van der Waals surface area contributed by atoms with E-state index in [-0.39, 0.29) is 0 Å². The van der Waals surface area contributed by atoms with E-state index in [1.54, 1.807) is 0 Å². The third-order valence-corrected chi connectivity index (χ3v) is 2.94. The lowest BCUT2D eigenvalue weighted by molar-refractivity contribution is 0.334. The minimum atomic E-state index is -1.58. The molecule has 0 radical (unpaired) electrons. The number of hydrogen-bond acceptors (Lipinski definition) is 2. The monoisotopic (exact) mass is 249 g/mol. The van der Waals surface area contributed by atoms with Gasteiger partial charge in [0.15, 0.2) is 0 Å². The molecule has 0 saturated carbocycles. The van der Waals surface area contributed by atoms with Crippen LogP contribution in [0.15, 0.2) is 29.4 Å². The average molecular weight is 249 g/mol. The molecule has 0 heterocycles. The molecule has 0 bridgehead atoms. The Kier molecular flexibility index (Phi) is 4.94. The van der Waals surface area contributed by atoms with Gasteiger partial charge in [0, 0.05) is 0 Å². The first-order chi connectivity index (χ1) is 7.92. The summed E-state index contributed by atoms with van der Waals surface area (Å²) in [7, 11) is -1.58. The lowest BCUT2D eigenvalue weighted by atomic mass is 10.0. The quantitative estimate of drug-likeness (QED) is 0.432. The van der Waals surface area contributed by atoms with Crippen LogP contribution in [-0.4, -0.2) is 14.0 Å². The van der Waals surface area contributed by atoms with Crippen molar-refractivity contribution in [3.05, 3.63) is 35.4 Å². The molecule has 0 spiro atoms. The second-order valence-corrected chi connectivity index (χ2v) is 9.76. The molecular weight excluding hydrogens is 226 g/mol. The van der Waals surface area contributed by atoms with Crippen LogP contribution in [-0.2, 0) is 4.53 Å². The number of oxime groups is 1. The molecule has 0 aliphatic rings. The normalized spacial score (nSPS) is 12.6. The van der Waals surface area contributed by atoms with Gasteiger partial charge in [0.2, 0.25) is 0 Å². The average Bonchev–Trinajstić information content (AvgIpc) is 2.24. The summed E-state index contributed by atoms with van der Waals surface area (Å²) in [5.41, 5.74) is 3.52.